The zero-order chi connectivity index (χ0) is 11.3. The maximum atomic E-state index is 11.9. The average molecular weight is 209 g/mol. The Morgan fingerprint density at radius 2 is 2.33 bits per heavy atom. The molecule has 0 aliphatic rings. The summed E-state index contributed by atoms with van der Waals surface area (Å²) < 4.78 is 1.83. The molecule has 1 aromatic rings. The molecule has 1 rings (SSSR count). The van der Waals surface area contributed by atoms with Gasteiger partial charge in [0, 0.05) is 18.9 Å². The molecule has 1 atom stereocenters. The first kappa shape index (κ1) is 11.9. The van der Waals surface area contributed by atoms with Crippen LogP contribution in [-0.2, 0) is 6.54 Å². The molecule has 0 saturated heterocycles. The number of nitrogens with two attached hydrogens (primary N) is 1. The molecule has 0 amide bonds. The highest BCUT2D eigenvalue weighted by Gasteiger charge is 2.19. The molecule has 2 N–H and O–H groups in total. The summed E-state index contributed by atoms with van der Waals surface area (Å²) in [6.07, 6.45) is 6.23. The van der Waals surface area contributed by atoms with Gasteiger partial charge in [-0.3, -0.25) is 4.79 Å². The molecular formula is C11H19N3O. The molecule has 0 bridgehead atoms. The van der Waals surface area contributed by atoms with Gasteiger partial charge < -0.3 is 10.3 Å². The van der Waals surface area contributed by atoms with Crippen LogP contribution in [0, 0.1) is 0 Å². The van der Waals surface area contributed by atoms with Crippen LogP contribution in [0.1, 0.15) is 43.7 Å². The van der Waals surface area contributed by atoms with Crippen molar-refractivity contribution in [1.29, 1.82) is 0 Å². The van der Waals surface area contributed by atoms with Crippen molar-refractivity contribution in [3.05, 3.63) is 18.2 Å². The van der Waals surface area contributed by atoms with E-state index in [2.05, 4.69) is 11.9 Å². The second-order valence-corrected chi connectivity index (χ2v) is 3.65. The summed E-state index contributed by atoms with van der Waals surface area (Å²) >= 11 is 0. The number of hydrogen-bond donors (Lipinski definition) is 1. The van der Waals surface area contributed by atoms with E-state index in [4.69, 9.17) is 5.73 Å². The number of rotatable bonds is 6. The van der Waals surface area contributed by atoms with Crippen molar-refractivity contribution in [1.82, 2.24) is 9.55 Å². The lowest BCUT2D eigenvalue weighted by atomic mass is 10.1. The third-order valence-corrected chi connectivity index (χ3v) is 2.48. The first-order valence-electron chi connectivity index (χ1n) is 5.51. The van der Waals surface area contributed by atoms with Gasteiger partial charge in [0.1, 0.15) is 0 Å². The van der Waals surface area contributed by atoms with Crippen LogP contribution < -0.4 is 5.73 Å². The van der Waals surface area contributed by atoms with Crippen LogP contribution in [0.25, 0.3) is 0 Å². The highest BCUT2D eigenvalue weighted by Crippen LogP contribution is 2.06. The Bertz CT molecular complexity index is 319. The van der Waals surface area contributed by atoms with Gasteiger partial charge in [-0.15, -0.1) is 0 Å². The summed E-state index contributed by atoms with van der Waals surface area (Å²) in [6, 6.07) is -0.405. The smallest absolute Gasteiger partial charge is 0.214 e. The predicted molar refractivity (Wildman–Crippen MR) is 59.7 cm³/mol. The van der Waals surface area contributed by atoms with Crippen molar-refractivity contribution in [3.63, 3.8) is 0 Å². The highest BCUT2D eigenvalue weighted by molar-refractivity contribution is 5.96. The van der Waals surface area contributed by atoms with E-state index < -0.39 is 6.04 Å². The fourth-order valence-corrected chi connectivity index (χ4v) is 1.51. The largest absolute Gasteiger partial charge is 0.329 e. The summed E-state index contributed by atoms with van der Waals surface area (Å²) in [7, 11) is 0. The molecule has 0 aromatic carbocycles. The van der Waals surface area contributed by atoms with Gasteiger partial charge in [-0.25, -0.2) is 4.98 Å². The summed E-state index contributed by atoms with van der Waals surface area (Å²) in [5.41, 5.74) is 5.82. The fourth-order valence-electron chi connectivity index (χ4n) is 1.51. The third-order valence-electron chi connectivity index (χ3n) is 2.48. The number of aromatic nitrogens is 2. The first-order chi connectivity index (χ1) is 7.20. The Morgan fingerprint density at radius 1 is 1.60 bits per heavy atom. The molecule has 1 heterocycles. The second-order valence-electron chi connectivity index (χ2n) is 3.65. The Hall–Kier alpha value is -1.16. The van der Waals surface area contributed by atoms with Gasteiger partial charge in [0.25, 0.3) is 0 Å². The van der Waals surface area contributed by atoms with Gasteiger partial charge in [0.15, 0.2) is 5.82 Å². The van der Waals surface area contributed by atoms with Crippen molar-refractivity contribution >= 4 is 5.78 Å². The Morgan fingerprint density at radius 3 is 2.93 bits per heavy atom. The normalized spacial score (nSPS) is 12.7. The predicted octanol–water partition coefficient (Wildman–Crippen LogP) is 1.60. The number of nitrogens with zero attached hydrogens (tertiary/aromatic N) is 2. The van der Waals surface area contributed by atoms with E-state index >= 15 is 0 Å². The van der Waals surface area contributed by atoms with Gasteiger partial charge in [-0.05, 0) is 13.3 Å². The number of imidazole rings is 1. The van der Waals surface area contributed by atoms with Crippen molar-refractivity contribution in [2.75, 3.05) is 0 Å². The quantitative estimate of drug-likeness (QED) is 0.724. The molecular weight excluding hydrogens is 190 g/mol. The number of unbranched alkanes of at least 4 members (excludes halogenated alkanes) is 1. The van der Waals surface area contributed by atoms with E-state index in [0.717, 1.165) is 25.8 Å². The third kappa shape index (κ3) is 2.89. The van der Waals surface area contributed by atoms with Crippen LogP contribution in [0.4, 0.5) is 0 Å². The van der Waals surface area contributed by atoms with Crippen LogP contribution in [-0.4, -0.2) is 21.4 Å². The standard InChI is InChI=1S/C11H19N3O/c1-3-5-6-9(12)10(15)11-13-7-8-14(11)4-2/h7-9H,3-6,12H2,1-2H3. The van der Waals surface area contributed by atoms with E-state index in [1.54, 1.807) is 12.4 Å². The lowest BCUT2D eigenvalue weighted by Crippen LogP contribution is -2.32. The molecule has 1 unspecified atom stereocenters. The zero-order valence-electron chi connectivity index (χ0n) is 9.44. The minimum atomic E-state index is -0.405. The molecule has 84 valence electrons. The molecule has 0 radical (unpaired) electrons. The molecule has 0 spiro atoms. The number of carbonyl (C=O) groups is 1. The zero-order valence-corrected chi connectivity index (χ0v) is 9.44. The van der Waals surface area contributed by atoms with E-state index in [9.17, 15) is 4.79 Å². The van der Waals surface area contributed by atoms with Gasteiger partial charge in [-0.2, -0.15) is 0 Å². The van der Waals surface area contributed by atoms with Crippen molar-refractivity contribution in [3.8, 4) is 0 Å². The lowest BCUT2D eigenvalue weighted by molar-refractivity contribution is 0.0942. The van der Waals surface area contributed by atoms with E-state index in [1.165, 1.54) is 0 Å². The summed E-state index contributed by atoms with van der Waals surface area (Å²) in [5, 5.41) is 0. The highest BCUT2D eigenvalue weighted by atomic mass is 16.1. The molecule has 0 aliphatic heterocycles. The van der Waals surface area contributed by atoms with Crippen molar-refractivity contribution in [2.45, 2.75) is 45.7 Å². The minimum absolute atomic E-state index is 0.0460. The van der Waals surface area contributed by atoms with E-state index in [0.29, 0.717) is 5.82 Å². The topological polar surface area (TPSA) is 60.9 Å². The SMILES string of the molecule is CCCCC(N)C(=O)c1nccn1CC. The number of ketones is 1. The van der Waals surface area contributed by atoms with Crippen LogP contribution in [0.15, 0.2) is 12.4 Å². The molecule has 15 heavy (non-hydrogen) atoms. The maximum absolute atomic E-state index is 11.9. The molecule has 0 fully saturated rings. The number of carbonyl (C=O) groups excluding carboxylic acids is 1. The van der Waals surface area contributed by atoms with E-state index in [-0.39, 0.29) is 5.78 Å². The van der Waals surface area contributed by atoms with Crippen LogP contribution in [0.2, 0.25) is 0 Å². The van der Waals surface area contributed by atoms with E-state index in [1.807, 2.05) is 11.5 Å². The van der Waals surface area contributed by atoms with Gasteiger partial charge in [0.2, 0.25) is 5.78 Å². The first-order valence-corrected chi connectivity index (χ1v) is 5.51. The number of aryl methyl sites for hydroxylation is 1. The van der Waals surface area contributed by atoms with Crippen molar-refractivity contribution < 1.29 is 4.79 Å². The van der Waals surface area contributed by atoms with Gasteiger partial charge in [0.05, 0.1) is 6.04 Å². The summed E-state index contributed by atoms with van der Waals surface area (Å²) in [6.45, 7) is 4.82. The Labute approximate surface area is 90.5 Å². The van der Waals surface area contributed by atoms with Crippen LogP contribution >= 0.6 is 0 Å². The average Bonchev–Trinajstić information content (AvgIpc) is 2.72. The Balaban J connectivity index is 2.67. The monoisotopic (exact) mass is 209 g/mol. The second kappa shape index (κ2) is 5.66. The molecule has 4 nitrogen and oxygen atoms in total. The summed E-state index contributed by atoms with van der Waals surface area (Å²) in [5.74, 6) is 0.441. The molecule has 0 saturated carbocycles. The van der Waals surface area contributed by atoms with Gasteiger partial charge in [-0.1, -0.05) is 19.8 Å². The number of Topliss-reactive ketones (excluding diaryl/α,β-unsaturated/α-hetero) is 1. The summed E-state index contributed by atoms with van der Waals surface area (Å²) in [4.78, 5) is 15.9. The fraction of sp³-hybridized carbons (Fsp3) is 0.636. The maximum Gasteiger partial charge on any atom is 0.214 e. The minimum Gasteiger partial charge on any atom is -0.329 e. The number of hydrogen-bond acceptors (Lipinski definition) is 3. The van der Waals surface area contributed by atoms with Gasteiger partial charge >= 0.3 is 0 Å². The Kier molecular flexibility index (Phi) is 4.49. The van der Waals surface area contributed by atoms with Crippen LogP contribution in [0.3, 0.4) is 0 Å². The van der Waals surface area contributed by atoms with Crippen molar-refractivity contribution in [2.24, 2.45) is 5.73 Å². The molecule has 0 aliphatic carbocycles. The molecule has 4 heteroatoms. The van der Waals surface area contributed by atoms with Crippen LogP contribution in [0.5, 0.6) is 0 Å². The molecule has 1 aromatic heterocycles. The lowest BCUT2D eigenvalue weighted by Gasteiger charge is -2.10.